The van der Waals surface area contributed by atoms with Gasteiger partial charge in [0.25, 0.3) is 0 Å². The predicted octanol–water partition coefficient (Wildman–Crippen LogP) is 2.42. The van der Waals surface area contributed by atoms with Crippen LogP contribution >= 0.6 is 0 Å². The van der Waals surface area contributed by atoms with Gasteiger partial charge < -0.3 is 4.74 Å². The van der Waals surface area contributed by atoms with E-state index >= 15 is 0 Å². The van der Waals surface area contributed by atoms with Crippen LogP contribution in [0.3, 0.4) is 0 Å². The molecule has 1 heteroatoms. The summed E-state index contributed by atoms with van der Waals surface area (Å²) in [5.74, 6) is 1.04. The number of rotatable bonds is 1. The summed E-state index contributed by atoms with van der Waals surface area (Å²) in [5.41, 5.74) is 1.32. The Bertz CT molecular complexity index is 197. The quantitative estimate of drug-likeness (QED) is 0.538. The molecule has 0 aromatic heterocycles. The van der Waals surface area contributed by atoms with Gasteiger partial charge in [0.2, 0.25) is 0 Å². The molecule has 0 fully saturated rings. The summed E-state index contributed by atoms with van der Waals surface area (Å²) < 4.78 is 5.09. The molecule has 1 nitrogen and oxygen atoms in total. The largest absolute Gasteiger partial charge is 0.501 e. The molecule has 0 radical (unpaired) electrons. The molecule has 1 rings (SSSR count). The molecule has 0 unspecified atom stereocenters. The van der Waals surface area contributed by atoms with Crippen LogP contribution in [0.25, 0.3) is 0 Å². The summed E-state index contributed by atoms with van der Waals surface area (Å²) in [6.07, 6.45) is 9.14. The van der Waals surface area contributed by atoms with Crippen LogP contribution in [0.4, 0.5) is 0 Å². The van der Waals surface area contributed by atoms with E-state index in [0.29, 0.717) is 0 Å². The summed E-state index contributed by atoms with van der Waals surface area (Å²) in [7, 11) is 1.71. The summed E-state index contributed by atoms with van der Waals surface area (Å²) in [5, 5.41) is 0. The van der Waals surface area contributed by atoms with Gasteiger partial charge in [0.05, 0.1) is 12.9 Å². The molecule has 0 saturated carbocycles. The summed E-state index contributed by atoms with van der Waals surface area (Å²) in [4.78, 5) is 0. The standard InChI is InChI=1S/C9H12O/c1-3-8-5-4-6-9(7-8)10-2/h3-6H,7H2,1-2H3/b8-3+. The third-order valence-corrected chi connectivity index (χ3v) is 1.60. The van der Waals surface area contributed by atoms with Crippen LogP contribution in [0.5, 0.6) is 0 Å². The van der Waals surface area contributed by atoms with Crippen molar-refractivity contribution in [3.05, 3.63) is 35.6 Å². The molecule has 0 heterocycles. The van der Waals surface area contributed by atoms with Gasteiger partial charge in [0, 0.05) is 6.42 Å². The number of hydrogen-bond donors (Lipinski definition) is 0. The van der Waals surface area contributed by atoms with Crippen LogP contribution in [0.15, 0.2) is 35.6 Å². The lowest BCUT2D eigenvalue weighted by Crippen LogP contribution is -1.91. The van der Waals surface area contributed by atoms with Crippen molar-refractivity contribution in [2.45, 2.75) is 13.3 Å². The molecule has 0 aromatic carbocycles. The second-order valence-corrected chi connectivity index (χ2v) is 2.24. The van der Waals surface area contributed by atoms with Gasteiger partial charge in [-0.05, 0) is 18.6 Å². The first-order valence-electron chi connectivity index (χ1n) is 3.43. The van der Waals surface area contributed by atoms with Crippen LogP contribution < -0.4 is 0 Å². The normalized spacial score (nSPS) is 21.0. The fraction of sp³-hybridized carbons (Fsp3) is 0.333. The van der Waals surface area contributed by atoms with E-state index in [2.05, 4.69) is 12.2 Å². The van der Waals surface area contributed by atoms with Crippen molar-refractivity contribution in [2.24, 2.45) is 0 Å². The minimum atomic E-state index is 0.934. The third-order valence-electron chi connectivity index (χ3n) is 1.60. The molecule has 1 aliphatic carbocycles. The molecule has 0 aliphatic heterocycles. The van der Waals surface area contributed by atoms with Crippen LogP contribution in [-0.2, 0) is 4.74 Å². The van der Waals surface area contributed by atoms with Gasteiger partial charge in [0.1, 0.15) is 0 Å². The minimum absolute atomic E-state index is 0.934. The Kier molecular flexibility index (Phi) is 2.32. The molecule has 0 spiro atoms. The second kappa shape index (κ2) is 3.25. The molecule has 0 amide bonds. The molecule has 0 saturated heterocycles. The van der Waals surface area contributed by atoms with Gasteiger partial charge in [-0.25, -0.2) is 0 Å². The fourth-order valence-electron chi connectivity index (χ4n) is 0.937. The molecule has 0 aromatic rings. The van der Waals surface area contributed by atoms with Crippen LogP contribution in [0.1, 0.15) is 13.3 Å². The van der Waals surface area contributed by atoms with Crippen molar-refractivity contribution in [1.82, 2.24) is 0 Å². The van der Waals surface area contributed by atoms with Crippen LogP contribution in [0, 0.1) is 0 Å². The molecule has 54 valence electrons. The van der Waals surface area contributed by atoms with Gasteiger partial charge in [0.15, 0.2) is 0 Å². The maximum atomic E-state index is 5.09. The van der Waals surface area contributed by atoms with Gasteiger partial charge >= 0.3 is 0 Å². The van der Waals surface area contributed by atoms with Gasteiger partial charge in [-0.1, -0.05) is 18.2 Å². The Labute approximate surface area is 61.7 Å². The average molecular weight is 136 g/mol. The Hall–Kier alpha value is -0.980. The third kappa shape index (κ3) is 1.50. The van der Waals surface area contributed by atoms with Crippen molar-refractivity contribution in [2.75, 3.05) is 7.11 Å². The SMILES string of the molecule is C/C=C1\C=CC=C(OC)C1. The topological polar surface area (TPSA) is 9.23 Å². The number of allylic oxidation sites excluding steroid dienone is 5. The number of ether oxygens (including phenoxy) is 1. The van der Waals surface area contributed by atoms with Crippen molar-refractivity contribution >= 4 is 0 Å². The molecule has 1 aliphatic rings. The molecule has 10 heavy (non-hydrogen) atoms. The van der Waals surface area contributed by atoms with Gasteiger partial charge in [-0.15, -0.1) is 0 Å². The maximum absolute atomic E-state index is 5.09. The first-order chi connectivity index (χ1) is 4.86. The van der Waals surface area contributed by atoms with E-state index in [9.17, 15) is 0 Å². The predicted molar refractivity (Wildman–Crippen MR) is 42.6 cm³/mol. The zero-order valence-electron chi connectivity index (χ0n) is 6.42. The Morgan fingerprint density at radius 3 is 3.00 bits per heavy atom. The highest BCUT2D eigenvalue weighted by atomic mass is 16.5. The smallest absolute Gasteiger partial charge is 0.0999 e. The van der Waals surface area contributed by atoms with E-state index in [1.807, 2.05) is 19.1 Å². The molecular formula is C9H12O. The highest BCUT2D eigenvalue weighted by Gasteiger charge is 2.01. The minimum Gasteiger partial charge on any atom is -0.501 e. The van der Waals surface area contributed by atoms with E-state index in [0.717, 1.165) is 12.2 Å². The lowest BCUT2D eigenvalue weighted by Gasteiger charge is -2.09. The van der Waals surface area contributed by atoms with Crippen LogP contribution in [-0.4, -0.2) is 7.11 Å². The Morgan fingerprint density at radius 2 is 2.40 bits per heavy atom. The van der Waals surface area contributed by atoms with E-state index in [1.165, 1.54) is 5.57 Å². The first-order valence-corrected chi connectivity index (χ1v) is 3.43. The summed E-state index contributed by atoms with van der Waals surface area (Å²) in [6.45, 7) is 2.04. The van der Waals surface area contributed by atoms with Crippen LogP contribution in [0.2, 0.25) is 0 Å². The number of hydrogen-bond acceptors (Lipinski definition) is 1. The van der Waals surface area contributed by atoms with E-state index in [4.69, 9.17) is 4.74 Å². The van der Waals surface area contributed by atoms with Crippen molar-refractivity contribution in [3.63, 3.8) is 0 Å². The highest BCUT2D eigenvalue weighted by Crippen LogP contribution is 2.17. The lowest BCUT2D eigenvalue weighted by molar-refractivity contribution is 0.283. The average Bonchev–Trinajstić information content (AvgIpc) is 2.05. The molecular weight excluding hydrogens is 124 g/mol. The molecule has 0 atom stereocenters. The van der Waals surface area contributed by atoms with Crippen molar-refractivity contribution < 1.29 is 4.74 Å². The summed E-state index contributed by atoms with van der Waals surface area (Å²) in [6, 6.07) is 0. The van der Waals surface area contributed by atoms with Crippen molar-refractivity contribution in [3.8, 4) is 0 Å². The zero-order valence-corrected chi connectivity index (χ0v) is 6.42. The second-order valence-electron chi connectivity index (χ2n) is 2.24. The fourth-order valence-corrected chi connectivity index (χ4v) is 0.937. The maximum Gasteiger partial charge on any atom is 0.0999 e. The van der Waals surface area contributed by atoms with Gasteiger partial charge in [-0.3, -0.25) is 0 Å². The Morgan fingerprint density at radius 1 is 1.60 bits per heavy atom. The van der Waals surface area contributed by atoms with E-state index < -0.39 is 0 Å². The van der Waals surface area contributed by atoms with Crippen molar-refractivity contribution in [1.29, 1.82) is 0 Å². The monoisotopic (exact) mass is 136 g/mol. The van der Waals surface area contributed by atoms with E-state index in [-0.39, 0.29) is 0 Å². The Balaban J connectivity index is 2.68. The number of methoxy groups -OCH3 is 1. The van der Waals surface area contributed by atoms with E-state index in [1.54, 1.807) is 7.11 Å². The summed E-state index contributed by atoms with van der Waals surface area (Å²) >= 11 is 0. The highest BCUT2D eigenvalue weighted by molar-refractivity contribution is 5.31. The molecule has 0 N–H and O–H groups in total. The first kappa shape index (κ1) is 7.13. The molecule has 0 bridgehead atoms. The lowest BCUT2D eigenvalue weighted by atomic mass is 10.1. The van der Waals surface area contributed by atoms with Gasteiger partial charge in [-0.2, -0.15) is 0 Å². The zero-order chi connectivity index (χ0) is 7.40.